The Hall–Kier alpha value is -3.80. The molecule has 0 atom stereocenters. The summed E-state index contributed by atoms with van der Waals surface area (Å²) in [4.78, 5) is 29.5. The molecule has 0 fully saturated rings. The maximum absolute atomic E-state index is 13.4. The lowest BCUT2D eigenvalue weighted by Crippen LogP contribution is -2.29. The van der Waals surface area contributed by atoms with Gasteiger partial charge in [0.1, 0.15) is 5.69 Å². The van der Waals surface area contributed by atoms with Crippen molar-refractivity contribution in [3.8, 4) is 17.3 Å². The third-order valence-corrected chi connectivity index (χ3v) is 4.98. The summed E-state index contributed by atoms with van der Waals surface area (Å²) in [5.41, 5.74) is -1.83. The zero-order valence-electron chi connectivity index (χ0n) is 18.0. The molecule has 2 N–H and O–H groups in total. The topological polar surface area (TPSA) is 107 Å². The normalized spacial score (nSPS) is 14.1. The van der Waals surface area contributed by atoms with Crippen molar-refractivity contribution in [3.63, 3.8) is 0 Å². The number of halogens is 4. The molecular weight excluding hydrogens is 479 g/mol. The van der Waals surface area contributed by atoms with Gasteiger partial charge in [0.15, 0.2) is 23.0 Å². The Balaban J connectivity index is 1.79. The summed E-state index contributed by atoms with van der Waals surface area (Å²) in [5.74, 6) is -2.24. The number of nitrogens with zero attached hydrogens (tertiary/aromatic N) is 3. The number of ether oxygens (including phenoxy) is 2. The van der Waals surface area contributed by atoms with E-state index < -0.39 is 35.2 Å². The first-order valence-electron chi connectivity index (χ1n) is 9.77. The Morgan fingerprint density at radius 3 is 2.41 bits per heavy atom. The van der Waals surface area contributed by atoms with Crippen LogP contribution in [-0.4, -0.2) is 39.4 Å². The number of rotatable bonds is 4. The summed E-state index contributed by atoms with van der Waals surface area (Å²) in [7, 11) is 1.39. The van der Waals surface area contributed by atoms with Crippen molar-refractivity contribution in [2.45, 2.75) is 25.8 Å². The van der Waals surface area contributed by atoms with E-state index in [4.69, 9.17) is 21.1 Å². The van der Waals surface area contributed by atoms with Gasteiger partial charge in [-0.25, -0.2) is 9.67 Å². The number of benzene rings is 1. The summed E-state index contributed by atoms with van der Waals surface area (Å²) >= 11 is 6.08. The van der Waals surface area contributed by atoms with Crippen molar-refractivity contribution in [2.75, 3.05) is 12.4 Å². The maximum Gasteiger partial charge on any atom is 0.435 e. The minimum Gasteiger partial charge on any atom is -0.449 e. The molecule has 0 saturated heterocycles. The predicted molar refractivity (Wildman–Crippen MR) is 114 cm³/mol. The molecule has 2 amide bonds. The number of carbonyl (C=O) groups is 2. The summed E-state index contributed by atoms with van der Waals surface area (Å²) in [6.45, 7) is 3.30. The Kier molecular flexibility index (Phi) is 5.64. The molecule has 178 valence electrons. The SMILES string of the molecule is CNC(=O)c1cc2c(cc1NC(=O)c1cc(C(F)(F)F)nn1-c1ncccc1Cl)OC(C)(C)O2. The molecule has 34 heavy (non-hydrogen) atoms. The van der Waals surface area contributed by atoms with E-state index in [1.807, 2.05) is 0 Å². The lowest BCUT2D eigenvalue weighted by Gasteiger charge is -2.16. The number of fused-ring (bicyclic) bond motifs is 1. The lowest BCUT2D eigenvalue weighted by molar-refractivity contribution is -0.141. The van der Waals surface area contributed by atoms with Crippen molar-refractivity contribution in [1.29, 1.82) is 0 Å². The van der Waals surface area contributed by atoms with Gasteiger partial charge in [0.05, 0.1) is 16.3 Å². The average molecular weight is 496 g/mol. The van der Waals surface area contributed by atoms with E-state index in [1.54, 1.807) is 13.8 Å². The quantitative estimate of drug-likeness (QED) is 0.565. The number of hydrogen-bond acceptors (Lipinski definition) is 6. The molecule has 0 spiro atoms. The Morgan fingerprint density at radius 1 is 1.12 bits per heavy atom. The smallest absolute Gasteiger partial charge is 0.435 e. The molecule has 0 saturated carbocycles. The molecule has 9 nitrogen and oxygen atoms in total. The first-order valence-corrected chi connectivity index (χ1v) is 10.1. The summed E-state index contributed by atoms with van der Waals surface area (Å²) in [6.07, 6.45) is -3.54. The average Bonchev–Trinajstić information content (AvgIpc) is 3.32. The fraction of sp³-hybridized carbons (Fsp3) is 0.238. The van der Waals surface area contributed by atoms with Crippen LogP contribution in [0.5, 0.6) is 11.5 Å². The minimum absolute atomic E-state index is 0.00822. The van der Waals surface area contributed by atoms with Crippen molar-refractivity contribution in [1.82, 2.24) is 20.1 Å². The van der Waals surface area contributed by atoms with Crippen LogP contribution in [0, 0.1) is 0 Å². The Labute approximate surface area is 195 Å². The third-order valence-electron chi connectivity index (χ3n) is 4.69. The van der Waals surface area contributed by atoms with Gasteiger partial charge in [0, 0.05) is 39.2 Å². The molecule has 0 unspecified atom stereocenters. The molecule has 1 aliphatic rings. The van der Waals surface area contributed by atoms with Crippen LogP contribution in [-0.2, 0) is 6.18 Å². The molecule has 2 aromatic heterocycles. The van der Waals surface area contributed by atoms with Crippen LogP contribution in [0.2, 0.25) is 5.02 Å². The van der Waals surface area contributed by atoms with Crippen LogP contribution in [0.15, 0.2) is 36.5 Å². The van der Waals surface area contributed by atoms with E-state index in [2.05, 4.69) is 20.7 Å². The minimum atomic E-state index is -4.83. The number of pyridine rings is 1. The number of hydrogen-bond donors (Lipinski definition) is 2. The van der Waals surface area contributed by atoms with Crippen LogP contribution in [0.4, 0.5) is 18.9 Å². The number of carbonyl (C=O) groups excluding carboxylic acids is 2. The van der Waals surface area contributed by atoms with E-state index in [-0.39, 0.29) is 33.6 Å². The summed E-state index contributed by atoms with van der Waals surface area (Å²) in [5, 5.41) is 8.36. The van der Waals surface area contributed by atoms with Crippen molar-refractivity contribution >= 4 is 29.1 Å². The highest BCUT2D eigenvalue weighted by Gasteiger charge is 2.37. The van der Waals surface area contributed by atoms with Crippen LogP contribution >= 0.6 is 11.6 Å². The van der Waals surface area contributed by atoms with Gasteiger partial charge in [-0.05, 0) is 18.2 Å². The highest BCUT2D eigenvalue weighted by molar-refractivity contribution is 6.32. The standard InChI is InChI=1S/C21H17ClF3N5O4/c1-20(2)33-14-7-10(18(31)26-3)12(8-15(14)34-20)28-19(32)13-9-16(21(23,24)25)29-30(13)17-11(22)5-4-6-27-17/h4-9H,1-3H3,(H,26,31)(H,28,32). The molecule has 4 rings (SSSR count). The van der Waals surface area contributed by atoms with Crippen LogP contribution in [0.3, 0.4) is 0 Å². The Bertz CT molecular complexity index is 1310. The molecule has 3 heterocycles. The van der Waals surface area contributed by atoms with Crippen LogP contribution in [0.1, 0.15) is 40.4 Å². The van der Waals surface area contributed by atoms with Gasteiger partial charge in [-0.1, -0.05) is 11.6 Å². The van der Waals surface area contributed by atoms with E-state index in [1.165, 1.54) is 37.5 Å². The number of alkyl halides is 3. The van der Waals surface area contributed by atoms with Gasteiger partial charge in [-0.3, -0.25) is 9.59 Å². The number of anilines is 1. The van der Waals surface area contributed by atoms with E-state index in [0.717, 1.165) is 0 Å². The van der Waals surface area contributed by atoms with Gasteiger partial charge in [-0.15, -0.1) is 0 Å². The zero-order chi connectivity index (χ0) is 24.8. The maximum atomic E-state index is 13.4. The largest absolute Gasteiger partial charge is 0.449 e. The molecule has 13 heteroatoms. The first-order chi connectivity index (χ1) is 15.9. The molecule has 0 bridgehead atoms. The van der Waals surface area contributed by atoms with Crippen molar-refractivity contribution < 1.29 is 32.2 Å². The molecular formula is C21H17ClF3N5O4. The van der Waals surface area contributed by atoms with Gasteiger partial charge in [0.25, 0.3) is 11.8 Å². The van der Waals surface area contributed by atoms with Crippen molar-refractivity contribution in [3.05, 3.63) is 58.5 Å². The summed E-state index contributed by atoms with van der Waals surface area (Å²) in [6, 6.07) is 6.15. The molecule has 1 aliphatic heterocycles. The second-order valence-electron chi connectivity index (χ2n) is 7.61. The first kappa shape index (κ1) is 23.4. The van der Waals surface area contributed by atoms with E-state index in [9.17, 15) is 22.8 Å². The fourth-order valence-electron chi connectivity index (χ4n) is 3.26. The third kappa shape index (κ3) is 4.36. The zero-order valence-corrected chi connectivity index (χ0v) is 18.7. The monoisotopic (exact) mass is 495 g/mol. The van der Waals surface area contributed by atoms with Crippen LogP contribution in [0.25, 0.3) is 5.82 Å². The van der Waals surface area contributed by atoms with Gasteiger partial charge < -0.3 is 20.1 Å². The lowest BCUT2D eigenvalue weighted by atomic mass is 10.1. The predicted octanol–water partition coefficient (Wildman–Crippen LogP) is 4.06. The number of nitrogens with one attached hydrogen (secondary N) is 2. The molecule has 3 aromatic rings. The molecule has 1 aromatic carbocycles. The van der Waals surface area contributed by atoms with E-state index in [0.29, 0.717) is 10.7 Å². The van der Waals surface area contributed by atoms with Gasteiger partial charge in [0.2, 0.25) is 5.79 Å². The Morgan fingerprint density at radius 2 is 1.79 bits per heavy atom. The van der Waals surface area contributed by atoms with Crippen molar-refractivity contribution in [2.24, 2.45) is 0 Å². The van der Waals surface area contributed by atoms with Gasteiger partial charge in [-0.2, -0.15) is 18.3 Å². The number of aromatic nitrogens is 3. The van der Waals surface area contributed by atoms with Crippen LogP contribution < -0.4 is 20.1 Å². The second kappa shape index (κ2) is 8.20. The number of amides is 2. The highest BCUT2D eigenvalue weighted by atomic mass is 35.5. The second-order valence-corrected chi connectivity index (χ2v) is 8.02. The van der Waals surface area contributed by atoms with Gasteiger partial charge >= 0.3 is 6.18 Å². The molecule has 0 radical (unpaired) electrons. The molecule has 0 aliphatic carbocycles. The fourth-order valence-corrected chi connectivity index (χ4v) is 3.46. The van der Waals surface area contributed by atoms with E-state index >= 15 is 0 Å². The summed E-state index contributed by atoms with van der Waals surface area (Å²) < 4.78 is 52.1. The highest BCUT2D eigenvalue weighted by Crippen LogP contribution is 2.42.